The summed E-state index contributed by atoms with van der Waals surface area (Å²) in [5, 5.41) is 2.70. The van der Waals surface area contributed by atoms with Crippen LogP contribution in [0.3, 0.4) is 0 Å². The highest BCUT2D eigenvalue weighted by molar-refractivity contribution is 5.85. The van der Waals surface area contributed by atoms with E-state index in [0.29, 0.717) is 19.6 Å². The van der Waals surface area contributed by atoms with Crippen LogP contribution in [-0.4, -0.2) is 85.2 Å². The van der Waals surface area contributed by atoms with Gasteiger partial charge in [-0.3, -0.25) is 19.4 Å². The van der Waals surface area contributed by atoms with Crippen molar-refractivity contribution >= 4 is 11.8 Å². The number of alkyl halides is 3. The number of likely N-dealkylation sites (tertiary alicyclic amines) is 1. The zero-order valence-corrected chi connectivity index (χ0v) is 16.8. The molecular weight excluding hydrogens is 401 g/mol. The molecule has 2 amide bonds. The van der Waals surface area contributed by atoms with E-state index >= 15 is 0 Å². The molecule has 2 saturated heterocycles. The van der Waals surface area contributed by atoms with Crippen molar-refractivity contribution in [2.75, 3.05) is 52.4 Å². The minimum Gasteiger partial charge on any atom is -0.406 e. The van der Waals surface area contributed by atoms with E-state index in [1.807, 2.05) is 4.90 Å². The third kappa shape index (κ3) is 7.17. The van der Waals surface area contributed by atoms with Gasteiger partial charge in [0.25, 0.3) is 0 Å². The van der Waals surface area contributed by atoms with Gasteiger partial charge in [0.05, 0.1) is 13.1 Å². The summed E-state index contributed by atoms with van der Waals surface area (Å²) in [5.74, 6) is -0.418. The van der Waals surface area contributed by atoms with Gasteiger partial charge in [0.15, 0.2) is 0 Å². The van der Waals surface area contributed by atoms with Crippen LogP contribution in [0, 0.1) is 0 Å². The summed E-state index contributed by atoms with van der Waals surface area (Å²) < 4.78 is 40.5. The summed E-state index contributed by atoms with van der Waals surface area (Å²) in [6.07, 6.45) is -2.64. The van der Waals surface area contributed by atoms with E-state index < -0.39 is 6.36 Å². The summed E-state index contributed by atoms with van der Waals surface area (Å²) in [5.41, 5.74) is 0.899. The molecule has 2 aliphatic heterocycles. The van der Waals surface area contributed by atoms with Gasteiger partial charge >= 0.3 is 6.36 Å². The second-order valence-electron chi connectivity index (χ2n) is 7.61. The van der Waals surface area contributed by atoms with Gasteiger partial charge in [0, 0.05) is 45.8 Å². The first-order valence-corrected chi connectivity index (χ1v) is 10.1. The van der Waals surface area contributed by atoms with E-state index in [4.69, 9.17) is 0 Å². The zero-order chi connectivity index (χ0) is 21.6. The first-order chi connectivity index (χ1) is 14.3. The highest BCUT2D eigenvalue weighted by Crippen LogP contribution is 2.23. The van der Waals surface area contributed by atoms with Gasteiger partial charge in [-0.25, -0.2) is 0 Å². The fourth-order valence-electron chi connectivity index (χ4n) is 3.67. The molecule has 30 heavy (non-hydrogen) atoms. The van der Waals surface area contributed by atoms with Crippen molar-refractivity contribution in [3.63, 3.8) is 0 Å². The number of hydrogen-bond donors (Lipinski definition) is 1. The van der Waals surface area contributed by atoms with Crippen LogP contribution < -0.4 is 10.1 Å². The Labute approximate surface area is 173 Å². The van der Waals surface area contributed by atoms with E-state index in [1.165, 1.54) is 12.1 Å². The lowest BCUT2D eigenvalue weighted by Gasteiger charge is -2.34. The molecule has 0 aliphatic carbocycles. The van der Waals surface area contributed by atoms with Gasteiger partial charge < -0.3 is 15.0 Å². The smallest absolute Gasteiger partial charge is 0.406 e. The van der Waals surface area contributed by atoms with Crippen molar-refractivity contribution in [3.8, 4) is 5.75 Å². The summed E-state index contributed by atoms with van der Waals surface area (Å²) in [6, 6.07) is 5.87. The van der Waals surface area contributed by atoms with Crippen molar-refractivity contribution in [3.05, 3.63) is 29.8 Å². The summed E-state index contributed by atoms with van der Waals surface area (Å²) >= 11 is 0. The lowest BCUT2D eigenvalue weighted by molar-refractivity contribution is -0.274. The number of ether oxygens (including phenoxy) is 1. The number of rotatable bonds is 7. The van der Waals surface area contributed by atoms with Gasteiger partial charge in [-0.1, -0.05) is 12.1 Å². The average molecular weight is 428 g/mol. The van der Waals surface area contributed by atoms with E-state index in [-0.39, 0.29) is 30.7 Å². The van der Waals surface area contributed by atoms with Crippen molar-refractivity contribution in [2.45, 2.75) is 25.7 Å². The van der Waals surface area contributed by atoms with Crippen molar-refractivity contribution in [1.29, 1.82) is 0 Å². The first-order valence-electron chi connectivity index (χ1n) is 10.1. The SMILES string of the molecule is O=C(CN1CCN(Cc2ccc(OC(F)(F)F)cc2)CC1)NCC(=O)N1CCCC1. The fraction of sp³-hybridized carbons (Fsp3) is 0.600. The van der Waals surface area contributed by atoms with Crippen molar-refractivity contribution in [1.82, 2.24) is 20.0 Å². The Morgan fingerprint density at radius 3 is 2.13 bits per heavy atom. The number of carbonyl (C=O) groups excluding carboxylic acids is 2. The molecule has 7 nitrogen and oxygen atoms in total. The van der Waals surface area contributed by atoms with Gasteiger partial charge in [0.1, 0.15) is 5.75 Å². The monoisotopic (exact) mass is 428 g/mol. The molecule has 0 saturated carbocycles. The van der Waals surface area contributed by atoms with E-state index in [1.54, 1.807) is 17.0 Å². The number of amides is 2. The Balaban J connectivity index is 1.34. The topological polar surface area (TPSA) is 65.1 Å². The predicted octanol–water partition coefficient (Wildman–Crippen LogP) is 1.44. The number of piperazine rings is 1. The van der Waals surface area contributed by atoms with Crippen LogP contribution in [-0.2, 0) is 16.1 Å². The molecule has 2 heterocycles. The molecule has 0 unspecified atom stereocenters. The Morgan fingerprint density at radius 2 is 1.53 bits per heavy atom. The molecule has 2 fully saturated rings. The molecule has 0 bridgehead atoms. The van der Waals surface area contributed by atoms with Gasteiger partial charge in [-0.2, -0.15) is 0 Å². The minimum atomic E-state index is -4.69. The van der Waals surface area contributed by atoms with Crippen molar-refractivity contribution < 1.29 is 27.5 Å². The van der Waals surface area contributed by atoms with Crippen LogP contribution in [0.1, 0.15) is 18.4 Å². The second kappa shape index (κ2) is 10.1. The molecule has 1 aromatic carbocycles. The Hall–Kier alpha value is -2.33. The van der Waals surface area contributed by atoms with Crippen LogP contribution >= 0.6 is 0 Å². The number of hydrogen-bond acceptors (Lipinski definition) is 5. The number of carbonyl (C=O) groups is 2. The number of nitrogens with zero attached hydrogens (tertiary/aromatic N) is 3. The maximum atomic E-state index is 12.2. The zero-order valence-electron chi connectivity index (χ0n) is 16.8. The van der Waals surface area contributed by atoms with Crippen LogP contribution in [0.25, 0.3) is 0 Å². The van der Waals surface area contributed by atoms with Gasteiger partial charge in [-0.05, 0) is 30.5 Å². The van der Waals surface area contributed by atoms with Gasteiger partial charge in [-0.15, -0.1) is 13.2 Å². The van der Waals surface area contributed by atoms with E-state index in [2.05, 4.69) is 15.0 Å². The van der Waals surface area contributed by atoms with Crippen molar-refractivity contribution in [2.24, 2.45) is 0 Å². The lowest BCUT2D eigenvalue weighted by atomic mass is 10.2. The largest absolute Gasteiger partial charge is 0.573 e. The van der Waals surface area contributed by atoms with Crippen LogP contribution in [0.2, 0.25) is 0 Å². The molecule has 0 spiro atoms. The standard InChI is InChI=1S/C20H27F3N4O3/c21-20(22,23)30-17-5-3-16(4-6-17)14-25-9-11-26(12-10-25)15-18(28)24-13-19(29)27-7-1-2-8-27/h3-6H,1-2,7-15H2,(H,24,28). The highest BCUT2D eigenvalue weighted by Gasteiger charge is 2.31. The fourth-order valence-corrected chi connectivity index (χ4v) is 3.67. The number of benzene rings is 1. The van der Waals surface area contributed by atoms with Crippen LogP contribution in [0.5, 0.6) is 5.75 Å². The summed E-state index contributed by atoms with van der Waals surface area (Å²) in [7, 11) is 0. The van der Waals surface area contributed by atoms with Crippen LogP contribution in [0.4, 0.5) is 13.2 Å². The second-order valence-corrected chi connectivity index (χ2v) is 7.61. The normalized spacial score (nSPS) is 18.4. The summed E-state index contributed by atoms with van der Waals surface area (Å²) in [4.78, 5) is 30.1. The molecule has 0 radical (unpaired) electrons. The quantitative estimate of drug-likeness (QED) is 0.712. The lowest BCUT2D eigenvalue weighted by Crippen LogP contribution is -2.50. The number of nitrogens with one attached hydrogen (secondary N) is 1. The molecule has 0 aromatic heterocycles. The molecule has 1 aromatic rings. The van der Waals surface area contributed by atoms with Gasteiger partial charge in [0.2, 0.25) is 11.8 Å². The van der Waals surface area contributed by atoms with E-state index in [0.717, 1.165) is 44.6 Å². The first kappa shape index (κ1) is 22.4. The third-order valence-corrected chi connectivity index (χ3v) is 5.29. The molecule has 3 rings (SSSR count). The van der Waals surface area contributed by atoms with E-state index in [9.17, 15) is 22.8 Å². The third-order valence-electron chi connectivity index (χ3n) is 5.29. The Morgan fingerprint density at radius 1 is 0.933 bits per heavy atom. The predicted molar refractivity (Wildman–Crippen MR) is 104 cm³/mol. The molecule has 10 heteroatoms. The molecule has 2 aliphatic rings. The highest BCUT2D eigenvalue weighted by atomic mass is 19.4. The maximum Gasteiger partial charge on any atom is 0.573 e. The average Bonchev–Trinajstić information content (AvgIpc) is 3.23. The Kier molecular flexibility index (Phi) is 7.54. The number of halogens is 3. The molecule has 0 atom stereocenters. The summed E-state index contributed by atoms with van der Waals surface area (Å²) in [6.45, 7) is 5.39. The molecule has 166 valence electrons. The Bertz CT molecular complexity index is 713. The maximum absolute atomic E-state index is 12.2. The molecular formula is C20H27F3N4O3. The minimum absolute atomic E-state index is 0.0303. The van der Waals surface area contributed by atoms with Crippen LogP contribution in [0.15, 0.2) is 24.3 Å². The molecule has 1 N–H and O–H groups in total.